The molecule has 1 aliphatic heterocycles. The molecule has 0 spiro atoms. The second-order valence-electron chi connectivity index (χ2n) is 8.35. The number of nitrogens with zero attached hydrogens (tertiary/aromatic N) is 1. The van der Waals surface area contributed by atoms with Crippen molar-refractivity contribution in [2.24, 2.45) is 0 Å². The van der Waals surface area contributed by atoms with Crippen LogP contribution >= 0.6 is 0 Å². The average Bonchev–Trinajstić information content (AvgIpc) is 3.11. The number of aryl methyl sites for hydroxylation is 1. The topological polar surface area (TPSA) is 105 Å². The predicted molar refractivity (Wildman–Crippen MR) is 110 cm³/mol. The second-order valence-corrected chi connectivity index (χ2v) is 10.1. The van der Waals surface area contributed by atoms with E-state index in [1.165, 1.54) is 17.0 Å². The van der Waals surface area contributed by atoms with Gasteiger partial charge in [-0.05, 0) is 52.7 Å². The third kappa shape index (κ3) is 7.75. The summed E-state index contributed by atoms with van der Waals surface area (Å²) in [6.07, 6.45) is 1.57. The minimum absolute atomic E-state index is 0.0899. The van der Waals surface area contributed by atoms with E-state index in [-0.39, 0.29) is 30.0 Å². The van der Waals surface area contributed by atoms with Crippen LogP contribution in [0, 0.1) is 6.92 Å². The van der Waals surface area contributed by atoms with E-state index in [1.807, 2.05) is 27.7 Å². The Labute approximate surface area is 173 Å². The number of rotatable bonds is 8. The SMILES string of the molecule is Cc1ccc(S(=O)(=O)NCC(=O)N(CC(=O)NC(C)(C)C)C[C@@H]2CCCO2)cc1. The van der Waals surface area contributed by atoms with Crippen LogP contribution in [0.2, 0.25) is 0 Å². The van der Waals surface area contributed by atoms with Crippen molar-refractivity contribution < 1.29 is 22.7 Å². The molecule has 0 saturated carbocycles. The largest absolute Gasteiger partial charge is 0.376 e. The molecule has 8 nitrogen and oxygen atoms in total. The van der Waals surface area contributed by atoms with Gasteiger partial charge in [-0.1, -0.05) is 17.7 Å². The molecule has 1 aromatic carbocycles. The summed E-state index contributed by atoms with van der Waals surface area (Å²) < 4.78 is 32.8. The van der Waals surface area contributed by atoms with Crippen molar-refractivity contribution in [2.75, 3.05) is 26.2 Å². The number of hydrogen-bond donors (Lipinski definition) is 2. The lowest BCUT2D eigenvalue weighted by Crippen LogP contribution is -2.50. The molecule has 1 atom stereocenters. The lowest BCUT2D eigenvalue weighted by molar-refractivity contribution is -0.137. The van der Waals surface area contributed by atoms with Crippen molar-refractivity contribution in [1.29, 1.82) is 0 Å². The van der Waals surface area contributed by atoms with E-state index in [4.69, 9.17) is 4.74 Å². The van der Waals surface area contributed by atoms with Gasteiger partial charge >= 0.3 is 0 Å². The minimum Gasteiger partial charge on any atom is -0.376 e. The molecule has 2 amide bonds. The van der Waals surface area contributed by atoms with Gasteiger partial charge in [0.15, 0.2) is 0 Å². The summed E-state index contributed by atoms with van der Waals surface area (Å²) in [5, 5.41) is 2.82. The highest BCUT2D eigenvalue weighted by Crippen LogP contribution is 2.14. The maximum absolute atomic E-state index is 12.7. The third-order valence-corrected chi connectivity index (χ3v) is 5.81. The second kappa shape index (κ2) is 9.69. The number of amides is 2. The molecule has 2 rings (SSSR count). The molecular weight excluding hydrogens is 394 g/mol. The Morgan fingerprint density at radius 3 is 2.41 bits per heavy atom. The first-order chi connectivity index (χ1) is 13.5. The van der Waals surface area contributed by atoms with Crippen molar-refractivity contribution in [3.05, 3.63) is 29.8 Å². The number of sulfonamides is 1. The summed E-state index contributed by atoms with van der Waals surface area (Å²) in [6.45, 7) is 7.73. The van der Waals surface area contributed by atoms with Crippen molar-refractivity contribution in [3.8, 4) is 0 Å². The van der Waals surface area contributed by atoms with Crippen LogP contribution in [0.3, 0.4) is 0 Å². The number of carbonyl (C=O) groups excluding carboxylic acids is 2. The molecule has 1 fully saturated rings. The zero-order valence-electron chi connectivity index (χ0n) is 17.5. The first-order valence-electron chi connectivity index (χ1n) is 9.73. The molecule has 0 bridgehead atoms. The lowest BCUT2D eigenvalue weighted by Gasteiger charge is -2.27. The monoisotopic (exact) mass is 425 g/mol. The minimum atomic E-state index is -3.82. The molecule has 0 aliphatic carbocycles. The molecule has 2 N–H and O–H groups in total. The van der Waals surface area contributed by atoms with Crippen molar-refractivity contribution in [2.45, 2.75) is 57.1 Å². The quantitative estimate of drug-likeness (QED) is 0.651. The number of ether oxygens (including phenoxy) is 1. The summed E-state index contributed by atoms with van der Waals surface area (Å²) in [4.78, 5) is 26.5. The number of hydrogen-bond acceptors (Lipinski definition) is 5. The standard InChI is InChI=1S/C20H31N3O5S/c1-15-7-9-17(10-8-15)29(26,27)21-12-19(25)23(13-16-6-5-11-28-16)14-18(24)22-20(2,3)4/h7-10,16,21H,5-6,11-14H2,1-4H3,(H,22,24)/t16-/m0/s1. The molecule has 1 heterocycles. The van der Waals surface area contributed by atoms with Gasteiger partial charge in [-0.3, -0.25) is 9.59 Å². The van der Waals surface area contributed by atoms with E-state index >= 15 is 0 Å². The van der Waals surface area contributed by atoms with Gasteiger partial charge in [0.1, 0.15) is 0 Å². The Bertz CT molecular complexity index is 810. The highest BCUT2D eigenvalue weighted by Gasteiger charge is 2.26. The number of carbonyl (C=O) groups is 2. The van der Waals surface area contributed by atoms with Gasteiger partial charge < -0.3 is 15.0 Å². The summed E-state index contributed by atoms with van der Waals surface area (Å²) in [6, 6.07) is 6.36. The molecule has 29 heavy (non-hydrogen) atoms. The highest BCUT2D eigenvalue weighted by molar-refractivity contribution is 7.89. The summed E-state index contributed by atoms with van der Waals surface area (Å²) in [7, 11) is -3.82. The van der Waals surface area contributed by atoms with Crippen LogP contribution in [0.1, 0.15) is 39.2 Å². The first kappa shape index (κ1) is 23.3. The number of nitrogens with one attached hydrogen (secondary N) is 2. The maximum atomic E-state index is 12.7. The van der Waals surface area contributed by atoms with Crippen LogP contribution in [0.15, 0.2) is 29.2 Å². The normalized spacial score (nSPS) is 17.2. The Hall–Kier alpha value is -1.97. The molecule has 9 heteroatoms. The summed E-state index contributed by atoms with van der Waals surface area (Å²) >= 11 is 0. The van der Waals surface area contributed by atoms with Gasteiger partial charge in [0.2, 0.25) is 21.8 Å². The van der Waals surface area contributed by atoms with Gasteiger partial charge in [0.05, 0.1) is 24.1 Å². The molecule has 162 valence electrons. The fraction of sp³-hybridized carbons (Fsp3) is 0.600. The lowest BCUT2D eigenvalue weighted by atomic mass is 10.1. The average molecular weight is 426 g/mol. The molecular formula is C20H31N3O5S. The maximum Gasteiger partial charge on any atom is 0.241 e. The van der Waals surface area contributed by atoms with Gasteiger partial charge in [0.25, 0.3) is 0 Å². The fourth-order valence-electron chi connectivity index (χ4n) is 2.99. The molecule has 0 aromatic heterocycles. The predicted octanol–water partition coefficient (Wildman–Crippen LogP) is 1.20. The molecule has 0 unspecified atom stereocenters. The Morgan fingerprint density at radius 2 is 1.86 bits per heavy atom. The number of benzene rings is 1. The highest BCUT2D eigenvalue weighted by atomic mass is 32.2. The summed E-state index contributed by atoms with van der Waals surface area (Å²) in [5.74, 6) is -0.773. The van der Waals surface area contributed by atoms with Crippen LogP contribution in [-0.2, 0) is 24.3 Å². The van der Waals surface area contributed by atoms with Crippen molar-refractivity contribution in [1.82, 2.24) is 14.9 Å². The molecule has 1 aromatic rings. The van der Waals surface area contributed by atoms with Crippen LogP contribution in [0.5, 0.6) is 0 Å². The molecule has 1 aliphatic rings. The third-order valence-electron chi connectivity index (χ3n) is 4.39. The van der Waals surface area contributed by atoms with Gasteiger partial charge in [-0.15, -0.1) is 0 Å². The van der Waals surface area contributed by atoms with E-state index in [1.54, 1.807) is 12.1 Å². The zero-order valence-corrected chi connectivity index (χ0v) is 18.3. The molecule has 0 radical (unpaired) electrons. The zero-order chi connectivity index (χ0) is 21.7. The van der Waals surface area contributed by atoms with Crippen LogP contribution in [-0.4, -0.2) is 63.0 Å². The van der Waals surface area contributed by atoms with Gasteiger partial charge in [0, 0.05) is 18.7 Å². The Morgan fingerprint density at radius 1 is 1.21 bits per heavy atom. The van der Waals surface area contributed by atoms with Gasteiger partial charge in [-0.25, -0.2) is 13.1 Å². The van der Waals surface area contributed by atoms with Crippen molar-refractivity contribution in [3.63, 3.8) is 0 Å². The Balaban J connectivity index is 2.03. The van der Waals surface area contributed by atoms with Crippen LogP contribution in [0.25, 0.3) is 0 Å². The van der Waals surface area contributed by atoms with E-state index < -0.39 is 28.0 Å². The first-order valence-corrected chi connectivity index (χ1v) is 11.2. The van der Waals surface area contributed by atoms with E-state index in [2.05, 4.69) is 10.0 Å². The van der Waals surface area contributed by atoms with Crippen LogP contribution < -0.4 is 10.0 Å². The smallest absolute Gasteiger partial charge is 0.241 e. The fourth-order valence-corrected chi connectivity index (χ4v) is 3.96. The van der Waals surface area contributed by atoms with Crippen molar-refractivity contribution >= 4 is 21.8 Å². The summed E-state index contributed by atoms with van der Waals surface area (Å²) in [5.41, 5.74) is 0.510. The Kier molecular flexibility index (Phi) is 7.79. The van der Waals surface area contributed by atoms with E-state index in [0.29, 0.717) is 6.61 Å². The van der Waals surface area contributed by atoms with E-state index in [0.717, 1.165) is 18.4 Å². The van der Waals surface area contributed by atoms with Crippen LogP contribution in [0.4, 0.5) is 0 Å². The molecule has 1 saturated heterocycles. The van der Waals surface area contributed by atoms with Gasteiger partial charge in [-0.2, -0.15) is 0 Å². The van der Waals surface area contributed by atoms with E-state index in [9.17, 15) is 18.0 Å².